The van der Waals surface area contributed by atoms with Crippen molar-refractivity contribution >= 4 is 22.6 Å². The molecule has 0 aliphatic rings. The minimum Gasteiger partial charge on any atom is -0.495 e. The smallest absolute Gasteiger partial charge is 0.135 e. The van der Waals surface area contributed by atoms with Gasteiger partial charge in [0, 0.05) is 5.56 Å². The lowest BCUT2D eigenvalue weighted by molar-refractivity contribution is 0.393. The van der Waals surface area contributed by atoms with Crippen molar-refractivity contribution in [1.82, 2.24) is 0 Å². The number of benzene rings is 1. The summed E-state index contributed by atoms with van der Waals surface area (Å²) in [6, 6.07) is 4.52. The van der Waals surface area contributed by atoms with E-state index < -0.39 is 0 Å². The van der Waals surface area contributed by atoms with Gasteiger partial charge in [-0.1, -0.05) is 47.6 Å². The zero-order valence-corrected chi connectivity index (χ0v) is 14.1. The zero-order chi connectivity index (χ0) is 13.4. The summed E-state index contributed by atoms with van der Waals surface area (Å²) in [5, 5.41) is 0. The molecule has 0 spiro atoms. The maximum Gasteiger partial charge on any atom is 0.135 e. The molecular formula is C15H23IO. The molecule has 0 unspecified atom stereocenters. The van der Waals surface area contributed by atoms with Crippen molar-refractivity contribution in [3.05, 3.63) is 26.8 Å². The second-order valence-corrected chi connectivity index (χ2v) is 7.70. The van der Waals surface area contributed by atoms with Gasteiger partial charge in [0.2, 0.25) is 0 Å². The van der Waals surface area contributed by atoms with Crippen molar-refractivity contribution in [3.63, 3.8) is 0 Å². The third kappa shape index (κ3) is 3.36. The van der Waals surface area contributed by atoms with Crippen LogP contribution >= 0.6 is 22.6 Å². The van der Waals surface area contributed by atoms with Crippen LogP contribution in [0.15, 0.2) is 12.1 Å². The fourth-order valence-electron chi connectivity index (χ4n) is 1.79. The van der Waals surface area contributed by atoms with E-state index in [1.54, 1.807) is 7.11 Å². The molecule has 0 radical (unpaired) electrons. The van der Waals surface area contributed by atoms with Crippen LogP contribution in [0.3, 0.4) is 0 Å². The van der Waals surface area contributed by atoms with E-state index in [-0.39, 0.29) is 10.8 Å². The number of ether oxygens (including phenoxy) is 1. The van der Waals surface area contributed by atoms with E-state index in [0.717, 1.165) is 5.75 Å². The zero-order valence-electron chi connectivity index (χ0n) is 11.9. The van der Waals surface area contributed by atoms with E-state index in [4.69, 9.17) is 4.74 Å². The van der Waals surface area contributed by atoms with Gasteiger partial charge in [-0.25, -0.2) is 0 Å². The Bertz CT molecular complexity index is 408. The number of hydrogen-bond acceptors (Lipinski definition) is 1. The Morgan fingerprint density at radius 2 is 1.47 bits per heavy atom. The van der Waals surface area contributed by atoms with Crippen LogP contribution < -0.4 is 4.74 Å². The van der Waals surface area contributed by atoms with Gasteiger partial charge in [0.1, 0.15) is 5.75 Å². The molecule has 1 nitrogen and oxygen atoms in total. The predicted octanol–water partition coefficient (Wildman–Crippen LogP) is 4.89. The Morgan fingerprint density at radius 3 is 1.82 bits per heavy atom. The van der Waals surface area contributed by atoms with Crippen molar-refractivity contribution in [2.45, 2.75) is 52.4 Å². The molecule has 0 aromatic heterocycles. The molecule has 1 aromatic rings. The molecule has 0 bridgehead atoms. The summed E-state index contributed by atoms with van der Waals surface area (Å²) in [5.74, 6) is 1.02. The largest absolute Gasteiger partial charge is 0.495 e. The first kappa shape index (κ1) is 14.8. The van der Waals surface area contributed by atoms with Gasteiger partial charge in [0.05, 0.1) is 10.7 Å². The highest BCUT2D eigenvalue weighted by Crippen LogP contribution is 2.38. The maximum absolute atomic E-state index is 5.56. The first-order valence-corrected chi connectivity index (χ1v) is 7.03. The number of methoxy groups -OCH3 is 1. The van der Waals surface area contributed by atoms with Crippen LogP contribution in [-0.4, -0.2) is 7.11 Å². The molecule has 0 heterocycles. The maximum atomic E-state index is 5.56. The van der Waals surface area contributed by atoms with Crippen LogP contribution in [0.5, 0.6) is 5.75 Å². The minimum atomic E-state index is 0.104. The third-order valence-electron chi connectivity index (χ3n) is 2.92. The topological polar surface area (TPSA) is 9.23 Å². The molecule has 0 amide bonds. The van der Waals surface area contributed by atoms with E-state index in [2.05, 4.69) is 76.3 Å². The van der Waals surface area contributed by atoms with Gasteiger partial charge in [0.25, 0.3) is 0 Å². The van der Waals surface area contributed by atoms with Gasteiger partial charge in [0.15, 0.2) is 0 Å². The molecule has 96 valence electrons. The Labute approximate surface area is 119 Å². The normalized spacial score (nSPS) is 12.7. The highest BCUT2D eigenvalue weighted by Gasteiger charge is 2.24. The van der Waals surface area contributed by atoms with Gasteiger partial charge in [-0.2, -0.15) is 0 Å². The fourth-order valence-corrected chi connectivity index (χ4v) is 2.64. The Hall–Kier alpha value is -0.250. The van der Waals surface area contributed by atoms with Gasteiger partial charge in [-0.15, -0.1) is 0 Å². The lowest BCUT2D eigenvalue weighted by Gasteiger charge is -2.27. The molecule has 0 N–H and O–H groups in total. The quantitative estimate of drug-likeness (QED) is 0.658. The summed E-state index contributed by atoms with van der Waals surface area (Å²) in [7, 11) is 1.75. The molecule has 0 aliphatic carbocycles. The Balaban J connectivity index is 3.51. The van der Waals surface area contributed by atoms with Crippen LogP contribution in [0.1, 0.15) is 52.7 Å². The number of halogens is 1. The lowest BCUT2D eigenvalue weighted by atomic mass is 9.80. The van der Waals surface area contributed by atoms with Crippen molar-refractivity contribution in [3.8, 4) is 5.75 Å². The van der Waals surface area contributed by atoms with Gasteiger partial charge >= 0.3 is 0 Å². The molecule has 0 saturated heterocycles. The second-order valence-electron chi connectivity index (χ2n) is 6.54. The average molecular weight is 346 g/mol. The molecule has 1 rings (SSSR count). The summed E-state index contributed by atoms with van der Waals surface area (Å²) >= 11 is 2.37. The van der Waals surface area contributed by atoms with Crippen LogP contribution in [0.25, 0.3) is 0 Å². The Kier molecular flexibility index (Phi) is 4.17. The van der Waals surface area contributed by atoms with Crippen LogP contribution in [-0.2, 0) is 10.8 Å². The average Bonchev–Trinajstić information content (AvgIpc) is 2.13. The van der Waals surface area contributed by atoms with Crippen molar-refractivity contribution in [2.75, 3.05) is 7.11 Å². The molecule has 0 saturated carbocycles. The molecule has 0 atom stereocenters. The second kappa shape index (κ2) is 4.79. The van der Waals surface area contributed by atoms with Gasteiger partial charge in [-0.3, -0.25) is 0 Å². The predicted molar refractivity (Wildman–Crippen MR) is 83.1 cm³/mol. The van der Waals surface area contributed by atoms with E-state index in [9.17, 15) is 0 Å². The molecule has 0 aliphatic heterocycles. The summed E-state index contributed by atoms with van der Waals surface area (Å²) in [6.07, 6.45) is 0. The highest BCUT2D eigenvalue weighted by atomic mass is 127. The SMILES string of the molecule is COc1c(I)cc(C(C)(C)C)cc1C(C)(C)C. The summed E-state index contributed by atoms with van der Waals surface area (Å²) in [6.45, 7) is 13.4. The summed E-state index contributed by atoms with van der Waals surface area (Å²) < 4.78 is 6.76. The first-order chi connectivity index (χ1) is 7.57. The molecule has 1 aromatic carbocycles. The van der Waals surface area contributed by atoms with Crippen molar-refractivity contribution in [2.24, 2.45) is 0 Å². The van der Waals surface area contributed by atoms with E-state index in [0.29, 0.717) is 0 Å². The monoisotopic (exact) mass is 346 g/mol. The summed E-state index contributed by atoms with van der Waals surface area (Å²) in [4.78, 5) is 0. The first-order valence-electron chi connectivity index (χ1n) is 5.96. The third-order valence-corrected chi connectivity index (χ3v) is 3.72. The molecule has 0 fully saturated rings. The summed E-state index contributed by atoms with van der Waals surface area (Å²) in [5.41, 5.74) is 2.93. The van der Waals surface area contributed by atoms with E-state index in [1.807, 2.05) is 0 Å². The van der Waals surface area contributed by atoms with E-state index in [1.165, 1.54) is 14.7 Å². The minimum absolute atomic E-state index is 0.104. The van der Waals surface area contributed by atoms with Crippen LogP contribution in [0.2, 0.25) is 0 Å². The standard InChI is InChI=1S/C15H23IO/c1-14(2,3)10-8-11(15(4,5)6)13(17-7)12(16)9-10/h8-9H,1-7H3. The molecular weight excluding hydrogens is 323 g/mol. The fraction of sp³-hybridized carbons (Fsp3) is 0.600. The van der Waals surface area contributed by atoms with Crippen molar-refractivity contribution < 1.29 is 4.74 Å². The van der Waals surface area contributed by atoms with Gasteiger partial charge in [-0.05, 0) is 45.1 Å². The number of rotatable bonds is 1. The Morgan fingerprint density at radius 1 is 0.941 bits per heavy atom. The number of hydrogen-bond donors (Lipinski definition) is 0. The van der Waals surface area contributed by atoms with E-state index >= 15 is 0 Å². The highest BCUT2D eigenvalue weighted by molar-refractivity contribution is 14.1. The van der Waals surface area contributed by atoms with Crippen LogP contribution in [0.4, 0.5) is 0 Å². The van der Waals surface area contributed by atoms with Crippen molar-refractivity contribution in [1.29, 1.82) is 0 Å². The molecule has 2 heteroatoms. The molecule has 17 heavy (non-hydrogen) atoms. The lowest BCUT2D eigenvalue weighted by Crippen LogP contribution is -2.18. The van der Waals surface area contributed by atoms with Gasteiger partial charge < -0.3 is 4.74 Å². The van der Waals surface area contributed by atoms with Crippen LogP contribution in [0, 0.1) is 3.57 Å².